The first-order valence-corrected chi connectivity index (χ1v) is 8.52. The average Bonchev–Trinajstić information content (AvgIpc) is 2.62. The number of hydrogen-bond acceptors (Lipinski definition) is 3. The number of ether oxygens (including phenoxy) is 1. The summed E-state index contributed by atoms with van der Waals surface area (Å²) in [7, 11) is 0. The lowest BCUT2D eigenvalue weighted by Crippen LogP contribution is -2.25. The minimum absolute atomic E-state index is 0.688. The van der Waals surface area contributed by atoms with Gasteiger partial charge in [-0.2, -0.15) is 0 Å². The molecule has 2 N–H and O–H groups in total. The molecule has 1 saturated heterocycles. The zero-order valence-corrected chi connectivity index (χ0v) is 13.2. The quantitative estimate of drug-likeness (QED) is 0.814. The largest absolute Gasteiger partial charge is 0.494 e. The third-order valence-electron chi connectivity index (χ3n) is 4.12. The minimum atomic E-state index is 0.688. The van der Waals surface area contributed by atoms with Gasteiger partial charge in [-0.15, -0.1) is 0 Å². The van der Waals surface area contributed by atoms with Crippen LogP contribution < -0.4 is 10.5 Å². The van der Waals surface area contributed by atoms with Gasteiger partial charge in [0.25, 0.3) is 0 Å². The Bertz CT molecular complexity index is 385. The van der Waals surface area contributed by atoms with Crippen LogP contribution in [0.5, 0.6) is 5.75 Å². The highest BCUT2D eigenvalue weighted by atomic mass is 16.5. The number of rotatable bonds is 6. The van der Waals surface area contributed by atoms with Crippen LogP contribution in [0.2, 0.25) is 0 Å². The topological polar surface area (TPSA) is 38.5 Å². The number of benzene rings is 1. The Morgan fingerprint density at radius 3 is 2.43 bits per heavy atom. The van der Waals surface area contributed by atoms with E-state index in [0.717, 1.165) is 18.7 Å². The molecule has 1 aliphatic rings. The smallest absolute Gasteiger partial charge is 0.119 e. The minimum Gasteiger partial charge on any atom is -0.494 e. The molecule has 118 valence electrons. The molecule has 1 aromatic rings. The predicted molar refractivity (Wildman–Crippen MR) is 88.6 cm³/mol. The molecule has 1 heterocycles. The van der Waals surface area contributed by atoms with Crippen LogP contribution in [0.3, 0.4) is 0 Å². The SMILES string of the molecule is NCCCOc1cccc(CN2CCCCCCCC2)c1. The van der Waals surface area contributed by atoms with E-state index < -0.39 is 0 Å². The third kappa shape index (κ3) is 6.49. The molecule has 0 aromatic heterocycles. The van der Waals surface area contributed by atoms with Crippen molar-refractivity contribution in [2.75, 3.05) is 26.2 Å². The Hall–Kier alpha value is -1.06. The second-order valence-electron chi connectivity index (χ2n) is 6.04. The first kappa shape index (κ1) is 16.3. The molecule has 0 amide bonds. The predicted octanol–water partition coefficient (Wildman–Crippen LogP) is 3.57. The highest BCUT2D eigenvalue weighted by Gasteiger charge is 2.08. The Morgan fingerprint density at radius 1 is 1.00 bits per heavy atom. The van der Waals surface area contributed by atoms with Crippen LogP contribution in [-0.2, 0) is 6.54 Å². The maximum Gasteiger partial charge on any atom is 0.119 e. The maximum absolute atomic E-state index is 5.74. The summed E-state index contributed by atoms with van der Waals surface area (Å²) in [6.07, 6.45) is 9.20. The Balaban J connectivity index is 1.86. The molecule has 0 aliphatic carbocycles. The molecule has 0 atom stereocenters. The summed E-state index contributed by atoms with van der Waals surface area (Å²) < 4.78 is 5.74. The summed E-state index contributed by atoms with van der Waals surface area (Å²) in [6, 6.07) is 8.54. The normalized spacial score (nSPS) is 17.8. The Morgan fingerprint density at radius 2 is 1.71 bits per heavy atom. The lowest BCUT2D eigenvalue weighted by Gasteiger charge is -2.21. The van der Waals surface area contributed by atoms with Crippen molar-refractivity contribution in [3.63, 3.8) is 0 Å². The molecule has 0 spiro atoms. The van der Waals surface area contributed by atoms with Gasteiger partial charge in [-0.05, 0) is 56.6 Å². The molecule has 0 bridgehead atoms. The molecule has 3 nitrogen and oxygen atoms in total. The van der Waals surface area contributed by atoms with Gasteiger partial charge in [-0.25, -0.2) is 0 Å². The molecule has 1 aromatic carbocycles. The highest BCUT2D eigenvalue weighted by molar-refractivity contribution is 5.28. The van der Waals surface area contributed by atoms with Crippen LogP contribution in [0, 0.1) is 0 Å². The van der Waals surface area contributed by atoms with Crippen LogP contribution >= 0.6 is 0 Å². The standard InChI is InChI=1S/C18H30N2O/c19-11-8-14-21-18-10-7-9-17(15-18)16-20-12-5-3-1-2-4-6-13-20/h7,9-10,15H,1-6,8,11-14,16,19H2. The van der Waals surface area contributed by atoms with Gasteiger partial charge in [0.05, 0.1) is 6.61 Å². The molecule has 0 radical (unpaired) electrons. The van der Waals surface area contributed by atoms with E-state index in [1.54, 1.807) is 0 Å². The number of nitrogens with zero attached hydrogens (tertiary/aromatic N) is 1. The second kappa shape index (κ2) is 9.80. The van der Waals surface area contributed by atoms with E-state index in [-0.39, 0.29) is 0 Å². The van der Waals surface area contributed by atoms with Crippen molar-refractivity contribution in [1.82, 2.24) is 4.90 Å². The van der Waals surface area contributed by atoms with Gasteiger partial charge in [0.2, 0.25) is 0 Å². The third-order valence-corrected chi connectivity index (χ3v) is 4.12. The van der Waals surface area contributed by atoms with Crippen LogP contribution in [0.15, 0.2) is 24.3 Å². The molecular weight excluding hydrogens is 260 g/mol. The van der Waals surface area contributed by atoms with Gasteiger partial charge in [0, 0.05) is 6.54 Å². The lowest BCUT2D eigenvalue weighted by molar-refractivity contribution is 0.259. The van der Waals surface area contributed by atoms with Gasteiger partial charge >= 0.3 is 0 Å². The van der Waals surface area contributed by atoms with Crippen molar-refractivity contribution in [2.45, 2.75) is 51.5 Å². The molecule has 3 heteroatoms. The first-order chi connectivity index (χ1) is 10.4. The summed E-state index contributed by atoms with van der Waals surface area (Å²) in [6.45, 7) is 4.92. The second-order valence-corrected chi connectivity index (χ2v) is 6.04. The van der Waals surface area contributed by atoms with E-state index in [1.165, 1.54) is 57.2 Å². The molecule has 1 aliphatic heterocycles. The fourth-order valence-electron chi connectivity index (χ4n) is 2.91. The van der Waals surface area contributed by atoms with E-state index >= 15 is 0 Å². The molecular formula is C18H30N2O. The van der Waals surface area contributed by atoms with E-state index in [4.69, 9.17) is 10.5 Å². The monoisotopic (exact) mass is 290 g/mol. The summed E-state index contributed by atoms with van der Waals surface area (Å²) >= 11 is 0. The molecule has 2 rings (SSSR count). The zero-order valence-electron chi connectivity index (χ0n) is 13.2. The van der Waals surface area contributed by atoms with Gasteiger partial charge in [0.15, 0.2) is 0 Å². The summed E-state index contributed by atoms with van der Waals surface area (Å²) in [4.78, 5) is 2.60. The van der Waals surface area contributed by atoms with Crippen molar-refractivity contribution in [2.24, 2.45) is 5.73 Å². The molecule has 0 saturated carbocycles. The van der Waals surface area contributed by atoms with Gasteiger partial charge in [-0.1, -0.05) is 37.8 Å². The van der Waals surface area contributed by atoms with Crippen molar-refractivity contribution in [1.29, 1.82) is 0 Å². The van der Waals surface area contributed by atoms with Crippen LogP contribution in [0.25, 0.3) is 0 Å². The zero-order chi connectivity index (χ0) is 14.8. The van der Waals surface area contributed by atoms with E-state index in [2.05, 4.69) is 23.1 Å². The lowest BCUT2D eigenvalue weighted by atomic mass is 10.1. The van der Waals surface area contributed by atoms with E-state index in [9.17, 15) is 0 Å². The van der Waals surface area contributed by atoms with Crippen LogP contribution in [-0.4, -0.2) is 31.1 Å². The van der Waals surface area contributed by atoms with Crippen LogP contribution in [0.4, 0.5) is 0 Å². The van der Waals surface area contributed by atoms with Crippen molar-refractivity contribution in [3.8, 4) is 5.75 Å². The van der Waals surface area contributed by atoms with Crippen molar-refractivity contribution in [3.05, 3.63) is 29.8 Å². The first-order valence-electron chi connectivity index (χ1n) is 8.52. The fraction of sp³-hybridized carbons (Fsp3) is 0.667. The van der Waals surface area contributed by atoms with Crippen molar-refractivity contribution >= 4 is 0 Å². The average molecular weight is 290 g/mol. The van der Waals surface area contributed by atoms with E-state index in [1.807, 2.05) is 6.07 Å². The summed E-state index contributed by atoms with van der Waals surface area (Å²) in [5, 5.41) is 0. The number of hydrogen-bond donors (Lipinski definition) is 1. The Kier molecular flexibility index (Phi) is 7.61. The van der Waals surface area contributed by atoms with Crippen molar-refractivity contribution < 1.29 is 4.74 Å². The maximum atomic E-state index is 5.74. The molecule has 0 unspecified atom stereocenters. The summed E-state index contributed by atoms with van der Waals surface area (Å²) in [5.74, 6) is 0.977. The van der Waals surface area contributed by atoms with Crippen LogP contribution in [0.1, 0.15) is 50.5 Å². The Labute approximate surface area is 129 Å². The van der Waals surface area contributed by atoms with Gasteiger partial charge in [0.1, 0.15) is 5.75 Å². The summed E-state index contributed by atoms with van der Waals surface area (Å²) in [5.41, 5.74) is 6.86. The van der Waals surface area contributed by atoms with Gasteiger partial charge in [-0.3, -0.25) is 4.90 Å². The number of nitrogens with two attached hydrogens (primary N) is 1. The van der Waals surface area contributed by atoms with E-state index in [0.29, 0.717) is 13.2 Å². The fourth-order valence-corrected chi connectivity index (χ4v) is 2.91. The molecule has 21 heavy (non-hydrogen) atoms. The van der Waals surface area contributed by atoms with Gasteiger partial charge < -0.3 is 10.5 Å². The molecule has 1 fully saturated rings. The highest BCUT2D eigenvalue weighted by Crippen LogP contribution is 2.17.